The Morgan fingerprint density at radius 1 is 1.18 bits per heavy atom. The van der Waals surface area contributed by atoms with Crippen molar-refractivity contribution in [3.63, 3.8) is 0 Å². The predicted octanol–water partition coefficient (Wildman–Crippen LogP) is 3.74. The zero-order valence-corrected chi connectivity index (χ0v) is 14.7. The second-order valence-electron chi connectivity index (χ2n) is 6.86. The maximum absolute atomic E-state index is 14.2. The molecule has 12 heteroatoms. The van der Waals surface area contributed by atoms with Crippen molar-refractivity contribution in [2.75, 3.05) is 17.2 Å². The number of alkyl halides is 5. The first-order valence-electron chi connectivity index (χ1n) is 8.62. The molecule has 0 aliphatic heterocycles. The largest absolute Gasteiger partial charge is 0.408 e. The fourth-order valence-electron chi connectivity index (χ4n) is 2.50. The molecule has 1 fully saturated rings. The minimum atomic E-state index is -4.60. The van der Waals surface area contributed by atoms with Crippen molar-refractivity contribution in [2.45, 2.75) is 50.7 Å². The molecule has 28 heavy (non-hydrogen) atoms. The van der Waals surface area contributed by atoms with E-state index in [1.54, 1.807) is 0 Å². The molecule has 0 unspecified atom stereocenters. The van der Waals surface area contributed by atoms with Crippen LogP contribution in [0.4, 0.5) is 38.2 Å². The zero-order valence-electron chi connectivity index (χ0n) is 14.7. The lowest BCUT2D eigenvalue weighted by Gasteiger charge is -2.22. The van der Waals surface area contributed by atoms with Crippen LogP contribution < -0.4 is 10.6 Å². The highest BCUT2D eigenvalue weighted by Gasteiger charge is 2.46. The van der Waals surface area contributed by atoms with Crippen molar-refractivity contribution in [3.05, 3.63) is 11.7 Å². The molecular formula is C16H17F6N5O. The van der Waals surface area contributed by atoms with Crippen molar-refractivity contribution >= 4 is 23.3 Å². The van der Waals surface area contributed by atoms with Crippen molar-refractivity contribution in [1.82, 2.24) is 15.0 Å². The molecule has 0 saturated heterocycles. The number of nitrogens with zero attached hydrogens (tertiary/aromatic N) is 3. The van der Waals surface area contributed by atoms with Crippen LogP contribution in [0.1, 0.15) is 38.4 Å². The molecular weight excluding hydrogens is 392 g/mol. The molecule has 3 rings (SSSR count). The van der Waals surface area contributed by atoms with E-state index in [4.69, 9.17) is 0 Å². The number of carbonyl (C=O) groups excluding carboxylic acids is 1. The minimum absolute atomic E-state index is 0.126. The molecule has 1 saturated carbocycles. The summed E-state index contributed by atoms with van der Waals surface area (Å²) >= 11 is 0. The number of aromatic nitrogens is 3. The normalized spacial score (nSPS) is 20.9. The fourth-order valence-corrected chi connectivity index (χ4v) is 2.50. The van der Waals surface area contributed by atoms with Gasteiger partial charge in [0.25, 0.3) is 5.78 Å². The Hall–Kier alpha value is -2.40. The lowest BCUT2D eigenvalue weighted by atomic mass is 9.93. The number of carbonyl (C=O) groups is 1. The number of rotatable bonds is 6. The SMILES string of the molecule is C[C@@H](Nc1nc(NCC2CC2)nc(C2=C(F)C(=O)C(F)(F)CC2)n1)C(F)(F)F. The average Bonchev–Trinajstić information content (AvgIpc) is 3.41. The van der Waals surface area contributed by atoms with E-state index >= 15 is 0 Å². The Kier molecular flexibility index (Phi) is 5.24. The number of hydrogen-bond acceptors (Lipinski definition) is 6. The molecule has 0 bridgehead atoms. The molecule has 2 aliphatic rings. The van der Waals surface area contributed by atoms with Crippen LogP contribution in [0.5, 0.6) is 0 Å². The van der Waals surface area contributed by atoms with E-state index in [0.29, 0.717) is 12.5 Å². The van der Waals surface area contributed by atoms with Crippen LogP contribution in [0.25, 0.3) is 5.57 Å². The van der Waals surface area contributed by atoms with Crippen molar-refractivity contribution in [2.24, 2.45) is 5.92 Å². The quantitative estimate of drug-likeness (QED) is 0.697. The number of anilines is 2. The number of halogens is 6. The van der Waals surface area contributed by atoms with Gasteiger partial charge in [-0.05, 0) is 32.1 Å². The van der Waals surface area contributed by atoms with E-state index in [1.807, 2.05) is 5.32 Å². The van der Waals surface area contributed by atoms with Gasteiger partial charge in [-0.15, -0.1) is 0 Å². The first kappa shape index (κ1) is 20.3. The summed E-state index contributed by atoms with van der Waals surface area (Å²) in [5, 5.41) is 4.86. The van der Waals surface area contributed by atoms with Crippen LogP contribution in [-0.2, 0) is 4.79 Å². The minimum Gasteiger partial charge on any atom is -0.354 e. The Labute approximate surface area is 155 Å². The van der Waals surface area contributed by atoms with Crippen LogP contribution in [0.3, 0.4) is 0 Å². The predicted molar refractivity (Wildman–Crippen MR) is 87.4 cm³/mol. The highest BCUT2D eigenvalue weighted by atomic mass is 19.4. The molecule has 1 atom stereocenters. The summed E-state index contributed by atoms with van der Waals surface area (Å²) in [4.78, 5) is 23.0. The van der Waals surface area contributed by atoms with Crippen molar-refractivity contribution in [3.8, 4) is 0 Å². The van der Waals surface area contributed by atoms with Gasteiger partial charge in [-0.3, -0.25) is 4.79 Å². The van der Waals surface area contributed by atoms with Gasteiger partial charge in [0, 0.05) is 18.5 Å². The molecule has 1 aromatic rings. The Morgan fingerprint density at radius 3 is 2.43 bits per heavy atom. The number of Topliss-reactive ketones (excluding diaryl/α,β-unsaturated/α-hetero) is 1. The lowest BCUT2D eigenvalue weighted by Crippen LogP contribution is -2.34. The van der Waals surface area contributed by atoms with Gasteiger partial charge in [-0.25, -0.2) is 4.39 Å². The summed E-state index contributed by atoms with van der Waals surface area (Å²) in [5.74, 6) is -8.22. The van der Waals surface area contributed by atoms with E-state index in [9.17, 15) is 31.1 Å². The Morgan fingerprint density at radius 2 is 1.82 bits per heavy atom. The third-order valence-corrected chi connectivity index (χ3v) is 4.47. The van der Waals surface area contributed by atoms with Crippen molar-refractivity contribution in [1.29, 1.82) is 0 Å². The lowest BCUT2D eigenvalue weighted by molar-refractivity contribution is -0.142. The molecule has 154 valence electrons. The van der Waals surface area contributed by atoms with E-state index in [0.717, 1.165) is 19.8 Å². The fraction of sp³-hybridized carbons (Fsp3) is 0.625. The van der Waals surface area contributed by atoms with Gasteiger partial charge in [-0.2, -0.15) is 36.9 Å². The van der Waals surface area contributed by atoms with E-state index in [2.05, 4.69) is 20.3 Å². The van der Waals surface area contributed by atoms with Crippen LogP contribution >= 0.6 is 0 Å². The van der Waals surface area contributed by atoms with E-state index < -0.39 is 59.9 Å². The Balaban J connectivity index is 1.94. The molecule has 0 spiro atoms. The topological polar surface area (TPSA) is 79.8 Å². The van der Waals surface area contributed by atoms with Gasteiger partial charge in [0.1, 0.15) is 6.04 Å². The van der Waals surface area contributed by atoms with Gasteiger partial charge in [0.2, 0.25) is 11.9 Å². The second kappa shape index (κ2) is 7.21. The molecule has 1 aromatic heterocycles. The first-order chi connectivity index (χ1) is 13.0. The average molecular weight is 409 g/mol. The molecule has 2 aliphatic carbocycles. The third-order valence-electron chi connectivity index (χ3n) is 4.47. The summed E-state index contributed by atoms with van der Waals surface area (Å²) in [6, 6.07) is -2.02. The summed E-state index contributed by atoms with van der Waals surface area (Å²) in [6.07, 6.45) is -4.12. The molecule has 0 aromatic carbocycles. The summed E-state index contributed by atoms with van der Waals surface area (Å²) in [5.41, 5.74) is -0.476. The smallest absolute Gasteiger partial charge is 0.354 e. The number of nitrogens with one attached hydrogen (secondary N) is 2. The van der Waals surface area contributed by atoms with Gasteiger partial charge in [0.05, 0.1) is 0 Å². The number of hydrogen-bond donors (Lipinski definition) is 2. The monoisotopic (exact) mass is 409 g/mol. The molecule has 1 heterocycles. The molecule has 0 radical (unpaired) electrons. The van der Waals surface area contributed by atoms with E-state index in [1.165, 1.54) is 0 Å². The van der Waals surface area contributed by atoms with Gasteiger partial charge >= 0.3 is 12.1 Å². The van der Waals surface area contributed by atoms with Gasteiger partial charge < -0.3 is 10.6 Å². The summed E-state index contributed by atoms with van der Waals surface area (Å²) in [7, 11) is 0. The highest BCUT2D eigenvalue weighted by Crippen LogP contribution is 2.38. The first-order valence-corrected chi connectivity index (χ1v) is 8.62. The molecule has 2 N–H and O–H groups in total. The van der Waals surface area contributed by atoms with Crippen LogP contribution in [0.15, 0.2) is 5.83 Å². The summed E-state index contributed by atoms with van der Waals surface area (Å²) in [6.45, 7) is 1.29. The van der Waals surface area contributed by atoms with Crippen LogP contribution in [0.2, 0.25) is 0 Å². The van der Waals surface area contributed by atoms with Gasteiger partial charge in [0.15, 0.2) is 11.7 Å². The van der Waals surface area contributed by atoms with Crippen molar-refractivity contribution < 1.29 is 31.1 Å². The summed E-state index contributed by atoms with van der Waals surface area (Å²) < 4.78 is 79.4. The molecule has 0 amide bonds. The van der Waals surface area contributed by atoms with Gasteiger partial charge in [-0.1, -0.05) is 0 Å². The Bertz CT molecular complexity index is 805. The standard InChI is InChI=1S/C16H17F6N5O/c1-7(16(20,21)22)24-14-26-12(25-13(27-14)23-6-8-2-3-8)9-4-5-15(18,19)11(28)10(9)17/h7-8H,2-6H2,1H3,(H2,23,24,25,26,27)/t7-/m1/s1. The maximum atomic E-state index is 14.2. The number of ketones is 1. The zero-order chi connectivity index (χ0) is 20.7. The van der Waals surface area contributed by atoms with Crippen LogP contribution in [-0.4, -0.2) is 45.4 Å². The number of allylic oxidation sites excluding steroid dienone is 2. The van der Waals surface area contributed by atoms with Crippen LogP contribution in [0, 0.1) is 5.92 Å². The maximum Gasteiger partial charge on any atom is 0.408 e. The van der Waals surface area contributed by atoms with E-state index in [-0.39, 0.29) is 5.95 Å². The highest BCUT2D eigenvalue weighted by molar-refractivity contribution is 6.05. The molecule has 6 nitrogen and oxygen atoms in total. The third kappa shape index (κ3) is 4.53. The second-order valence-corrected chi connectivity index (χ2v) is 6.86.